The van der Waals surface area contributed by atoms with E-state index in [9.17, 15) is 4.79 Å². The summed E-state index contributed by atoms with van der Waals surface area (Å²) in [6.45, 7) is 2.32. The van der Waals surface area contributed by atoms with Gasteiger partial charge in [-0.3, -0.25) is 4.79 Å². The first-order valence-corrected chi connectivity index (χ1v) is 5.66. The van der Waals surface area contributed by atoms with Crippen molar-refractivity contribution in [1.29, 1.82) is 0 Å². The maximum Gasteiger partial charge on any atom is 0.310 e. The van der Waals surface area contributed by atoms with Crippen molar-refractivity contribution >= 4 is 18.4 Å². The van der Waals surface area contributed by atoms with Crippen LogP contribution >= 0.6 is 12.4 Å². The highest BCUT2D eigenvalue weighted by Crippen LogP contribution is 2.44. The summed E-state index contributed by atoms with van der Waals surface area (Å²) in [7, 11) is 0. The lowest BCUT2D eigenvalue weighted by molar-refractivity contribution is -0.155. The highest BCUT2D eigenvalue weighted by Gasteiger charge is 2.45. The lowest BCUT2D eigenvalue weighted by Crippen LogP contribution is -2.52. The Labute approximate surface area is 97.1 Å². The van der Waals surface area contributed by atoms with Crippen LogP contribution in [0.25, 0.3) is 0 Å². The lowest BCUT2D eigenvalue weighted by atomic mass is 9.62. The van der Waals surface area contributed by atoms with Crippen LogP contribution in [0, 0.1) is 17.8 Å². The van der Waals surface area contributed by atoms with Crippen molar-refractivity contribution < 1.29 is 9.53 Å². The standard InChI is InChI=1S/C11H19NO2.ClH/c1-2-14-11(13)9-7-3-5-8(6-4-7)10(9)12;/h7-10H,2-6,12H2,1H3;1H/t7?,8?,9-,10-;/m0./s1. The molecule has 0 amide bonds. The molecule has 2 bridgehead atoms. The molecule has 0 spiro atoms. The topological polar surface area (TPSA) is 52.3 Å². The number of carbonyl (C=O) groups is 1. The van der Waals surface area contributed by atoms with Crippen LogP contribution in [0.2, 0.25) is 0 Å². The number of fused-ring (bicyclic) bond motifs is 3. The molecule has 0 radical (unpaired) electrons. The first-order valence-electron chi connectivity index (χ1n) is 5.66. The SMILES string of the molecule is CCOC(=O)[C@H]1C2CCC(CC2)[C@@H]1N.Cl. The number of halogens is 1. The highest BCUT2D eigenvalue weighted by molar-refractivity contribution is 5.85. The van der Waals surface area contributed by atoms with Gasteiger partial charge in [0, 0.05) is 6.04 Å². The van der Waals surface area contributed by atoms with Crippen molar-refractivity contribution in [3.05, 3.63) is 0 Å². The second-order valence-corrected chi connectivity index (χ2v) is 4.53. The van der Waals surface area contributed by atoms with E-state index in [1.54, 1.807) is 0 Å². The summed E-state index contributed by atoms with van der Waals surface area (Å²) in [6.07, 6.45) is 4.76. The summed E-state index contributed by atoms with van der Waals surface area (Å²) in [5.41, 5.74) is 6.09. The van der Waals surface area contributed by atoms with Crippen molar-refractivity contribution in [1.82, 2.24) is 0 Å². The minimum Gasteiger partial charge on any atom is -0.466 e. The van der Waals surface area contributed by atoms with Crippen molar-refractivity contribution in [2.24, 2.45) is 23.5 Å². The first-order chi connectivity index (χ1) is 6.74. The zero-order valence-corrected chi connectivity index (χ0v) is 9.96. The normalized spacial score (nSPS) is 38.3. The van der Waals surface area contributed by atoms with Gasteiger partial charge in [-0.15, -0.1) is 12.4 Å². The Balaban J connectivity index is 0.00000112. The van der Waals surface area contributed by atoms with Gasteiger partial charge in [0.2, 0.25) is 0 Å². The molecule has 3 saturated carbocycles. The smallest absolute Gasteiger partial charge is 0.310 e. The molecule has 15 heavy (non-hydrogen) atoms. The van der Waals surface area contributed by atoms with E-state index in [0.717, 1.165) is 0 Å². The molecule has 0 saturated heterocycles. The fourth-order valence-electron chi connectivity index (χ4n) is 3.08. The third kappa shape index (κ3) is 2.28. The molecule has 0 unspecified atom stereocenters. The van der Waals surface area contributed by atoms with Gasteiger partial charge in [-0.05, 0) is 44.4 Å². The zero-order chi connectivity index (χ0) is 10.1. The van der Waals surface area contributed by atoms with E-state index in [4.69, 9.17) is 10.5 Å². The van der Waals surface area contributed by atoms with Crippen LogP contribution in [-0.2, 0) is 9.53 Å². The Bertz CT molecular complexity index is 225. The largest absolute Gasteiger partial charge is 0.466 e. The van der Waals surface area contributed by atoms with Crippen LogP contribution in [0.4, 0.5) is 0 Å². The second-order valence-electron chi connectivity index (χ2n) is 4.53. The summed E-state index contributed by atoms with van der Waals surface area (Å²) in [4.78, 5) is 11.7. The maximum atomic E-state index is 11.7. The third-order valence-corrected chi connectivity index (χ3v) is 3.84. The zero-order valence-electron chi connectivity index (χ0n) is 9.15. The van der Waals surface area contributed by atoms with Gasteiger partial charge < -0.3 is 10.5 Å². The van der Waals surface area contributed by atoms with E-state index >= 15 is 0 Å². The van der Waals surface area contributed by atoms with Crippen molar-refractivity contribution in [3.8, 4) is 0 Å². The fraction of sp³-hybridized carbons (Fsp3) is 0.909. The molecule has 0 heterocycles. The van der Waals surface area contributed by atoms with Crippen LogP contribution in [0.1, 0.15) is 32.6 Å². The average molecular weight is 234 g/mol. The van der Waals surface area contributed by atoms with Gasteiger partial charge in [0.15, 0.2) is 0 Å². The molecule has 0 aromatic carbocycles. The van der Waals surface area contributed by atoms with E-state index in [0.29, 0.717) is 18.4 Å². The molecule has 3 nitrogen and oxygen atoms in total. The number of carbonyl (C=O) groups excluding carboxylic acids is 1. The number of nitrogens with two attached hydrogens (primary N) is 1. The summed E-state index contributed by atoms with van der Waals surface area (Å²) >= 11 is 0. The van der Waals surface area contributed by atoms with Gasteiger partial charge in [0.05, 0.1) is 12.5 Å². The maximum absolute atomic E-state index is 11.7. The van der Waals surface area contributed by atoms with Gasteiger partial charge >= 0.3 is 5.97 Å². The molecule has 0 aromatic rings. The molecule has 88 valence electrons. The number of hydrogen-bond acceptors (Lipinski definition) is 3. The van der Waals surface area contributed by atoms with Crippen LogP contribution in [-0.4, -0.2) is 18.6 Å². The summed E-state index contributed by atoms with van der Waals surface area (Å²) in [5, 5.41) is 0. The monoisotopic (exact) mass is 233 g/mol. The minimum absolute atomic E-state index is 0. The Morgan fingerprint density at radius 2 is 1.80 bits per heavy atom. The van der Waals surface area contributed by atoms with E-state index < -0.39 is 0 Å². The molecule has 3 aliphatic rings. The number of rotatable bonds is 2. The third-order valence-electron chi connectivity index (χ3n) is 3.84. The molecule has 0 aromatic heterocycles. The molecule has 3 aliphatic carbocycles. The van der Waals surface area contributed by atoms with E-state index in [-0.39, 0.29) is 30.3 Å². The van der Waals surface area contributed by atoms with Crippen LogP contribution in [0.5, 0.6) is 0 Å². The van der Waals surface area contributed by atoms with E-state index in [1.807, 2.05) is 6.92 Å². The first kappa shape index (κ1) is 12.8. The number of ether oxygens (including phenoxy) is 1. The Kier molecular flexibility index (Phi) is 4.41. The molecule has 4 heteroatoms. The summed E-state index contributed by atoms with van der Waals surface area (Å²) in [6, 6.07) is 0.0570. The van der Waals surface area contributed by atoms with Crippen LogP contribution in [0.3, 0.4) is 0 Å². The molecular formula is C11H20ClNO2. The van der Waals surface area contributed by atoms with Gasteiger partial charge in [0.25, 0.3) is 0 Å². The Morgan fingerprint density at radius 1 is 1.27 bits per heavy atom. The Hall–Kier alpha value is -0.280. The lowest BCUT2D eigenvalue weighted by Gasteiger charge is -2.45. The fourth-order valence-corrected chi connectivity index (χ4v) is 3.08. The predicted molar refractivity (Wildman–Crippen MR) is 60.8 cm³/mol. The summed E-state index contributed by atoms with van der Waals surface area (Å²) < 4.78 is 5.09. The Morgan fingerprint density at radius 3 is 2.27 bits per heavy atom. The van der Waals surface area contributed by atoms with Crippen molar-refractivity contribution in [2.75, 3.05) is 6.61 Å². The highest BCUT2D eigenvalue weighted by atomic mass is 35.5. The molecule has 3 rings (SSSR count). The van der Waals surface area contributed by atoms with Crippen LogP contribution in [0.15, 0.2) is 0 Å². The van der Waals surface area contributed by atoms with Gasteiger partial charge in [0.1, 0.15) is 0 Å². The number of esters is 1. The molecule has 0 aliphatic heterocycles. The molecule has 2 atom stereocenters. The van der Waals surface area contributed by atoms with Crippen LogP contribution < -0.4 is 5.73 Å². The molecule has 3 fully saturated rings. The van der Waals surface area contributed by atoms with Gasteiger partial charge in [-0.2, -0.15) is 0 Å². The molecular weight excluding hydrogens is 214 g/mol. The quantitative estimate of drug-likeness (QED) is 0.740. The minimum atomic E-state index is -0.0607. The average Bonchev–Trinajstić information content (AvgIpc) is 2.19. The predicted octanol–water partition coefficient (Wildman–Crippen LogP) is 1.73. The second kappa shape index (κ2) is 5.17. The van der Waals surface area contributed by atoms with Crippen molar-refractivity contribution in [2.45, 2.75) is 38.6 Å². The molecule has 2 N–H and O–H groups in total. The van der Waals surface area contributed by atoms with E-state index in [2.05, 4.69) is 0 Å². The van der Waals surface area contributed by atoms with Gasteiger partial charge in [-0.1, -0.05) is 0 Å². The number of hydrogen-bond donors (Lipinski definition) is 1. The van der Waals surface area contributed by atoms with Gasteiger partial charge in [-0.25, -0.2) is 0 Å². The summed E-state index contributed by atoms with van der Waals surface area (Å²) in [5.74, 6) is 0.986. The van der Waals surface area contributed by atoms with Crippen molar-refractivity contribution in [3.63, 3.8) is 0 Å². The van der Waals surface area contributed by atoms with E-state index in [1.165, 1.54) is 25.7 Å².